The quantitative estimate of drug-likeness (QED) is 0.825. The Hall–Kier alpha value is -1.35. The summed E-state index contributed by atoms with van der Waals surface area (Å²) in [7, 11) is 0. The van der Waals surface area contributed by atoms with Crippen LogP contribution in [0.3, 0.4) is 0 Å². The predicted octanol–water partition coefficient (Wildman–Crippen LogP) is 2.82. The summed E-state index contributed by atoms with van der Waals surface area (Å²) in [5, 5.41) is 10.2. The number of nitrogens with zero attached hydrogens (tertiary/aromatic N) is 2. The van der Waals surface area contributed by atoms with E-state index < -0.39 is 0 Å². The van der Waals surface area contributed by atoms with Crippen molar-refractivity contribution in [2.24, 2.45) is 5.92 Å². The number of aliphatic hydroxyl groups excluding tert-OH is 1. The summed E-state index contributed by atoms with van der Waals surface area (Å²) in [6.45, 7) is 0. The van der Waals surface area contributed by atoms with Crippen molar-refractivity contribution in [3.8, 4) is 0 Å². The molecule has 1 fully saturated rings. The first-order chi connectivity index (χ1) is 8.83. The maximum atomic E-state index is 10.2. The monoisotopic (exact) mass is 244 g/mol. The molecule has 0 radical (unpaired) electrons. The molecule has 0 aromatic carbocycles. The number of aromatic nitrogens is 2. The van der Waals surface area contributed by atoms with E-state index in [1.807, 2.05) is 24.4 Å². The van der Waals surface area contributed by atoms with E-state index in [1.165, 1.54) is 19.3 Å². The first kappa shape index (κ1) is 11.7. The zero-order valence-corrected chi connectivity index (χ0v) is 10.6. The van der Waals surface area contributed by atoms with E-state index in [-0.39, 0.29) is 6.10 Å². The highest BCUT2D eigenvalue weighted by Crippen LogP contribution is 2.26. The number of pyridine rings is 1. The lowest BCUT2D eigenvalue weighted by atomic mass is 9.93. The molecule has 3 nitrogen and oxygen atoms in total. The van der Waals surface area contributed by atoms with Crippen LogP contribution in [0, 0.1) is 5.92 Å². The number of aliphatic hydroxyl groups is 1. The first-order valence-corrected chi connectivity index (χ1v) is 6.93. The molecule has 2 aromatic heterocycles. The van der Waals surface area contributed by atoms with Crippen LogP contribution in [0.25, 0.3) is 5.65 Å². The molecule has 18 heavy (non-hydrogen) atoms. The number of rotatable bonds is 2. The van der Waals surface area contributed by atoms with E-state index in [2.05, 4.69) is 15.6 Å². The molecular weight excluding hydrogens is 224 g/mol. The average Bonchev–Trinajstić information content (AvgIpc) is 2.68. The summed E-state index contributed by atoms with van der Waals surface area (Å²) in [4.78, 5) is 4.62. The third-order valence-corrected chi connectivity index (χ3v) is 4.00. The lowest BCUT2D eigenvalue weighted by Gasteiger charge is -2.18. The van der Waals surface area contributed by atoms with Crippen LogP contribution in [0.5, 0.6) is 0 Å². The standard InChI is InChI=1S/C15H20N2O/c18-14-7-3-1-2-6-12(14)10-13-11-17-9-5-4-8-15(17)16-13/h4-5,8-9,11-12,14,18H,1-3,6-7,10H2. The van der Waals surface area contributed by atoms with Gasteiger partial charge in [0.15, 0.2) is 0 Å². The topological polar surface area (TPSA) is 37.5 Å². The van der Waals surface area contributed by atoms with E-state index in [0.29, 0.717) is 5.92 Å². The highest BCUT2D eigenvalue weighted by atomic mass is 16.3. The number of imidazole rings is 1. The highest BCUT2D eigenvalue weighted by Gasteiger charge is 2.22. The van der Waals surface area contributed by atoms with Gasteiger partial charge in [-0.1, -0.05) is 25.3 Å². The van der Waals surface area contributed by atoms with Crippen molar-refractivity contribution >= 4 is 5.65 Å². The number of hydrogen-bond acceptors (Lipinski definition) is 2. The van der Waals surface area contributed by atoms with E-state index in [9.17, 15) is 5.11 Å². The van der Waals surface area contributed by atoms with Crippen LogP contribution >= 0.6 is 0 Å². The van der Waals surface area contributed by atoms with E-state index >= 15 is 0 Å². The van der Waals surface area contributed by atoms with Crippen molar-refractivity contribution in [3.05, 3.63) is 36.3 Å². The van der Waals surface area contributed by atoms with Crippen LogP contribution < -0.4 is 0 Å². The maximum absolute atomic E-state index is 10.2. The van der Waals surface area contributed by atoms with Gasteiger partial charge in [-0.3, -0.25) is 0 Å². The van der Waals surface area contributed by atoms with Crippen LogP contribution in [0.15, 0.2) is 30.6 Å². The fourth-order valence-electron chi connectivity index (χ4n) is 2.96. The van der Waals surface area contributed by atoms with Crippen molar-refractivity contribution in [3.63, 3.8) is 0 Å². The largest absolute Gasteiger partial charge is 0.393 e. The van der Waals surface area contributed by atoms with Gasteiger partial charge in [0.2, 0.25) is 0 Å². The van der Waals surface area contributed by atoms with Crippen LogP contribution in [0.2, 0.25) is 0 Å². The molecule has 2 aromatic rings. The van der Waals surface area contributed by atoms with Gasteiger partial charge in [-0.25, -0.2) is 4.98 Å². The first-order valence-electron chi connectivity index (χ1n) is 6.93. The Labute approximate surface area is 107 Å². The van der Waals surface area contributed by atoms with Gasteiger partial charge in [0.25, 0.3) is 0 Å². The SMILES string of the molecule is OC1CCCCCC1Cc1cn2ccccc2n1. The van der Waals surface area contributed by atoms with E-state index in [1.54, 1.807) is 0 Å². The molecular formula is C15H20N2O. The van der Waals surface area contributed by atoms with Crippen molar-refractivity contribution in [1.29, 1.82) is 0 Å². The Morgan fingerprint density at radius 1 is 1.22 bits per heavy atom. The van der Waals surface area contributed by atoms with E-state index in [0.717, 1.165) is 30.6 Å². The lowest BCUT2D eigenvalue weighted by Crippen LogP contribution is -2.21. The highest BCUT2D eigenvalue weighted by molar-refractivity contribution is 5.39. The summed E-state index contributed by atoms with van der Waals surface area (Å²) >= 11 is 0. The smallest absolute Gasteiger partial charge is 0.136 e. The molecule has 2 unspecified atom stereocenters. The minimum atomic E-state index is -0.141. The maximum Gasteiger partial charge on any atom is 0.136 e. The lowest BCUT2D eigenvalue weighted by molar-refractivity contribution is 0.100. The van der Waals surface area contributed by atoms with Gasteiger partial charge in [-0.15, -0.1) is 0 Å². The Morgan fingerprint density at radius 2 is 2.11 bits per heavy atom. The van der Waals surface area contributed by atoms with Crippen molar-refractivity contribution in [1.82, 2.24) is 9.38 Å². The molecule has 2 atom stereocenters. The van der Waals surface area contributed by atoms with Gasteiger partial charge in [-0.2, -0.15) is 0 Å². The molecule has 1 aliphatic rings. The summed E-state index contributed by atoms with van der Waals surface area (Å²) in [6.07, 6.45) is 10.6. The number of hydrogen-bond donors (Lipinski definition) is 1. The molecule has 0 amide bonds. The van der Waals surface area contributed by atoms with Crippen molar-refractivity contribution in [2.45, 2.75) is 44.6 Å². The van der Waals surface area contributed by atoms with Crippen LogP contribution in [0.4, 0.5) is 0 Å². The summed E-state index contributed by atoms with van der Waals surface area (Å²) in [6, 6.07) is 6.04. The zero-order valence-electron chi connectivity index (χ0n) is 10.6. The third-order valence-electron chi connectivity index (χ3n) is 4.00. The average molecular weight is 244 g/mol. The van der Waals surface area contributed by atoms with Gasteiger partial charge < -0.3 is 9.51 Å². The molecule has 0 saturated heterocycles. The molecule has 1 aliphatic carbocycles. The molecule has 3 heteroatoms. The molecule has 0 aliphatic heterocycles. The third kappa shape index (κ3) is 2.41. The summed E-state index contributed by atoms with van der Waals surface area (Å²) in [5.41, 5.74) is 2.10. The minimum absolute atomic E-state index is 0.141. The molecule has 96 valence electrons. The summed E-state index contributed by atoms with van der Waals surface area (Å²) < 4.78 is 2.05. The van der Waals surface area contributed by atoms with Crippen LogP contribution in [-0.2, 0) is 6.42 Å². The second-order valence-corrected chi connectivity index (χ2v) is 5.37. The van der Waals surface area contributed by atoms with Gasteiger partial charge >= 0.3 is 0 Å². The molecule has 2 heterocycles. The van der Waals surface area contributed by atoms with Crippen LogP contribution in [-0.4, -0.2) is 20.6 Å². The zero-order chi connectivity index (χ0) is 12.4. The van der Waals surface area contributed by atoms with Gasteiger partial charge in [0, 0.05) is 12.4 Å². The molecule has 0 bridgehead atoms. The Bertz CT molecular complexity index is 487. The molecule has 3 rings (SSSR count). The second-order valence-electron chi connectivity index (χ2n) is 5.37. The number of fused-ring (bicyclic) bond motifs is 1. The molecule has 1 N–H and O–H groups in total. The second kappa shape index (κ2) is 5.11. The predicted molar refractivity (Wildman–Crippen MR) is 71.5 cm³/mol. The summed E-state index contributed by atoms with van der Waals surface area (Å²) in [5.74, 6) is 0.386. The van der Waals surface area contributed by atoms with Crippen molar-refractivity contribution in [2.75, 3.05) is 0 Å². The van der Waals surface area contributed by atoms with Gasteiger partial charge in [0.05, 0.1) is 11.8 Å². The Morgan fingerprint density at radius 3 is 3.00 bits per heavy atom. The van der Waals surface area contributed by atoms with Crippen LogP contribution in [0.1, 0.15) is 37.8 Å². The van der Waals surface area contributed by atoms with Crippen molar-refractivity contribution < 1.29 is 5.11 Å². The minimum Gasteiger partial charge on any atom is -0.393 e. The van der Waals surface area contributed by atoms with Gasteiger partial charge in [-0.05, 0) is 37.3 Å². The van der Waals surface area contributed by atoms with E-state index in [4.69, 9.17) is 0 Å². The molecule has 1 saturated carbocycles. The normalized spacial score (nSPS) is 25.2. The van der Waals surface area contributed by atoms with Gasteiger partial charge in [0.1, 0.15) is 5.65 Å². The Kier molecular flexibility index (Phi) is 3.33. The Balaban J connectivity index is 1.78. The fraction of sp³-hybridized carbons (Fsp3) is 0.533. The molecule has 0 spiro atoms. The fourth-order valence-corrected chi connectivity index (χ4v) is 2.96.